The Kier molecular flexibility index (Phi) is 6.58. The van der Waals surface area contributed by atoms with Crippen molar-refractivity contribution in [2.45, 2.75) is 18.7 Å². The van der Waals surface area contributed by atoms with Gasteiger partial charge < -0.3 is 9.30 Å². The second-order valence-corrected chi connectivity index (χ2v) is 10.1. The monoisotopic (exact) mass is 495 g/mol. The topological polar surface area (TPSA) is 65.4 Å². The highest BCUT2D eigenvalue weighted by molar-refractivity contribution is 7.90. The van der Waals surface area contributed by atoms with Crippen LogP contribution in [0.4, 0.5) is 8.78 Å². The highest BCUT2D eigenvalue weighted by Gasteiger charge is 2.22. The van der Waals surface area contributed by atoms with Gasteiger partial charge in [0.05, 0.1) is 22.8 Å². The average Bonchev–Trinajstić information content (AvgIpc) is 3.16. The molecule has 0 saturated carbocycles. The Morgan fingerprint density at radius 2 is 1.51 bits per heavy atom. The molecule has 180 valence electrons. The quantitative estimate of drug-likeness (QED) is 0.309. The molecule has 1 aromatic heterocycles. The van der Waals surface area contributed by atoms with Gasteiger partial charge in [0.1, 0.15) is 11.6 Å². The molecule has 4 rings (SSSR count). The maximum atomic E-state index is 14.3. The van der Waals surface area contributed by atoms with Crippen molar-refractivity contribution in [3.8, 4) is 28.1 Å². The fourth-order valence-electron chi connectivity index (χ4n) is 4.01. The van der Waals surface area contributed by atoms with Gasteiger partial charge in [-0.05, 0) is 80.1 Å². The largest absolute Gasteiger partial charge is 0.462 e. The lowest BCUT2D eigenvalue weighted by molar-refractivity contribution is 0.0527. The molecule has 5 nitrogen and oxygen atoms in total. The van der Waals surface area contributed by atoms with Gasteiger partial charge in [0.2, 0.25) is 0 Å². The van der Waals surface area contributed by atoms with E-state index in [2.05, 4.69) is 0 Å². The number of aromatic nitrogens is 1. The molecule has 0 aliphatic rings. The number of halogens is 2. The van der Waals surface area contributed by atoms with E-state index in [1.165, 1.54) is 42.5 Å². The molecular weight excluding hydrogens is 472 g/mol. The van der Waals surface area contributed by atoms with E-state index in [9.17, 15) is 22.0 Å². The number of rotatable bonds is 6. The van der Waals surface area contributed by atoms with Crippen LogP contribution < -0.4 is 0 Å². The number of ether oxygens (including phenoxy) is 1. The van der Waals surface area contributed by atoms with Crippen molar-refractivity contribution >= 4 is 15.8 Å². The number of hydrogen-bond donors (Lipinski definition) is 0. The van der Waals surface area contributed by atoms with Gasteiger partial charge >= 0.3 is 5.97 Å². The van der Waals surface area contributed by atoms with Gasteiger partial charge in [-0.25, -0.2) is 22.0 Å². The van der Waals surface area contributed by atoms with Gasteiger partial charge in [-0.15, -0.1) is 0 Å². The third kappa shape index (κ3) is 4.88. The van der Waals surface area contributed by atoms with Gasteiger partial charge in [0.15, 0.2) is 9.84 Å². The number of nitrogens with zero attached hydrogens (tertiary/aromatic N) is 1. The van der Waals surface area contributed by atoms with Gasteiger partial charge in [-0.3, -0.25) is 0 Å². The van der Waals surface area contributed by atoms with Crippen molar-refractivity contribution in [3.63, 3.8) is 0 Å². The summed E-state index contributed by atoms with van der Waals surface area (Å²) in [6.07, 6.45) is 1.13. The fraction of sp³-hybridized carbons (Fsp3) is 0.148. The predicted molar refractivity (Wildman–Crippen MR) is 130 cm³/mol. The van der Waals surface area contributed by atoms with Crippen LogP contribution in [0, 0.1) is 18.6 Å². The van der Waals surface area contributed by atoms with Gasteiger partial charge in [0, 0.05) is 28.8 Å². The van der Waals surface area contributed by atoms with Crippen molar-refractivity contribution in [1.82, 2.24) is 4.57 Å². The van der Waals surface area contributed by atoms with E-state index in [1.54, 1.807) is 37.3 Å². The van der Waals surface area contributed by atoms with Crippen molar-refractivity contribution < 1.29 is 26.7 Å². The summed E-state index contributed by atoms with van der Waals surface area (Å²) in [6.45, 7) is 3.67. The fourth-order valence-corrected chi connectivity index (χ4v) is 4.64. The molecule has 4 aromatic rings. The van der Waals surface area contributed by atoms with Gasteiger partial charge in [-0.1, -0.05) is 12.1 Å². The summed E-state index contributed by atoms with van der Waals surface area (Å²) in [5.74, 6) is -1.48. The minimum Gasteiger partial charge on any atom is -0.462 e. The molecule has 8 heteroatoms. The first-order chi connectivity index (χ1) is 16.6. The maximum absolute atomic E-state index is 14.3. The minimum atomic E-state index is -3.38. The Balaban J connectivity index is 1.98. The Bertz CT molecular complexity index is 1510. The summed E-state index contributed by atoms with van der Waals surface area (Å²) in [6, 6.07) is 17.9. The van der Waals surface area contributed by atoms with Crippen LogP contribution in [-0.2, 0) is 14.6 Å². The lowest BCUT2D eigenvalue weighted by atomic mass is 9.99. The van der Waals surface area contributed by atoms with Crippen molar-refractivity contribution in [2.24, 2.45) is 0 Å². The van der Waals surface area contributed by atoms with Gasteiger partial charge in [0.25, 0.3) is 0 Å². The third-order valence-electron chi connectivity index (χ3n) is 5.68. The first-order valence-corrected chi connectivity index (χ1v) is 12.7. The molecule has 0 aliphatic heterocycles. The molecule has 0 spiro atoms. The number of sulfone groups is 1. The van der Waals surface area contributed by atoms with E-state index in [4.69, 9.17) is 4.74 Å². The minimum absolute atomic E-state index is 0.170. The smallest absolute Gasteiger partial charge is 0.338 e. The zero-order valence-corrected chi connectivity index (χ0v) is 20.2. The van der Waals surface area contributed by atoms with Gasteiger partial charge in [-0.2, -0.15) is 0 Å². The first-order valence-electron chi connectivity index (χ1n) is 10.9. The SMILES string of the molecule is CCOC(=O)c1ccc(F)cc1-c1cc(-c2ccc(S(C)(=O)=O)cc2)n(-c2ccc(F)cc2)c1C. The molecular formula is C27H23F2NO4S. The molecule has 0 bridgehead atoms. The zero-order chi connectivity index (χ0) is 25.3. The standard InChI is InChI=1S/C27H23F2NO4S/c1-4-34-27(31)23-14-9-20(29)15-25(23)24-16-26(18-5-12-22(13-6-18)35(3,32)33)30(17(24)2)21-10-7-19(28)8-11-21/h5-16H,4H2,1-3H3. The first kappa shape index (κ1) is 24.3. The normalized spacial score (nSPS) is 11.5. The molecule has 0 radical (unpaired) electrons. The summed E-state index contributed by atoms with van der Waals surface area (Å²) >= 11 is 0. The second kappa shape index (κ2) is 9.46. The van der Waals surface area contributed by atoms with Crippen LogP contribution in [0.15, 0.2) is 77.7 Å². The molecule has 0 atom stereocenters. The molecule has 0 fully saturated rings. The van der Waals surface area contributed by atoms with Crippen LogP contribution >= 0.6 is 0 Å². The number of benzene rings is 3. The van der Waals surface area contributed by atoms with Crippen molar-refractivity contribution in [1.29, 1.82) is 0 Å². The maximum Gasteiger partial charge on any atom is 0.338 e. The summed E-state index contributed by atoms with van der Waals surface area (Å²) < 4.78 is 58.8. The van der Waals surface area contributed by atoms with E-state index < -0.39 is 27.4 Å². The average molecular weight is 496 g/mol. The highest BCUT2D eigenvalue weighted by Crippen LogP contribution is 2.37. The lowest BCUT2D eigenvalue weighted by Gasteiger charge is -2.13. The van der Waals surface area contributed by atoms with Crippen molar-refractivity contribution in [3.05, 3.63) is 95.7 Å². The second-order valence-electron chi connectivity index (χ2n) is 8.05. The number of carbonyl (C=O) groups excluding carboxylic acids is 1. The van der Waals surface area contributed by atoms with Crippen LogP contribution in [-0.4, -0.2) is 31.8 Å². The van der Waals surface area contributed by atoms with E-state index in [0.29, 0.717) is 33.8 Å². The summed E-state index contributed by atoms with van der Waals surface area (Å²) in [7, 11) is -3.38. The molecule has 0 unspecified atom stereocenters. The number of carbonyl (C=O) groups is 1. The third-order valence-corrected chi connectivity index (χ3v) is 6.81. The molecule has 0 saturated heterocycles. The molecule has 3 aromatic carbocycles. The van der Waals surface area contributed by atoms with Crippen LogP contribution in [0.3, 0.4) is 0 Å². The molecule has 0 aliphatic carbocycles. The van der Waals surface area contributed by atoms with Crippen LogP contribution in [0.2, 0.25) is 0 Å². The Labute approximate surface area is 202 Å². The number of esters is 1. The Hall–Kier alpha value is -3.78. The van der Waals surface area contributed by atoms with Crippen molar-refractivity contribution in [2.75, 3.05) is 12.9 Å². The zero-order valence-electron chi connectivity index (χ0n) is 19.4. The molecule has 1 heterocycles. The summed E-state index contributed by atoms with van der Waals surface area (Å²) in [5, 5.41) is 0. The Morgan fingerprint density at radius 1 is 0.886 bits per heavy atom. The Morgan fingerprint density at radius 3 is 2.11 bits per heavy atom. The molecule has 0 N–H and O–H groups in total. The lowest BCUT2D eigenvalue weighted by Crippen LogP contribution is -2.07. The molecule has 35 heavy (non-hydrogen) atoms. The summed E-state index contributed by atoms with van der Waals surface area (Å²) in [4.78, 5) is 12.8. The predicted octanol–water partition coefficient (Wildman–Crippen LogP) is 5.98. The molecule has 0 amide bonds. The number of hydrogen-bond acceptors (Lipinski definition) is 4. The van der Waals surface area contributed by atoms with Crippen LogP contribution in [0.25, 0.3) is 28.1 Å². The van der Waals surface area contributed by atoms with Crippen LogP contribution in [0.1, 0.15) is 23.0 Å². The van der Waals surface area contributed by atoms with E-state index in [1.807, 2.05) is 11.5 Å². The van der Waals surface area contributed by atoms with E-state index in [0.717, 1.165) is 6.26 Å². The van der Waals surface area contributed by atoms with Crippen LogP contribution in [0.5, 0.6) is 0 Å². The summed E-state index contributed by atoms with van der Waals surface area (Å²) in [5.41, 5.74) is 3.82. The highest BCUT2D eigenvalue weighted by atomic mass is 32.2. The van der Waals surface area contributed by atoms with E-state index in [-0.39, 0.29) is 17.1 Å². The van der Waals surface area contributed by atoms with E-state index >= 15 is 0 Å².